The highest BCUT2D eigenvalue weighted by Crippen LogP contribution is 2.23. The summed E-state index contributed by atoms with van der Waals surface area (Å²) in [7, 11) is 0. The molecule has 0 amide bonds. The van der Waals surface area contributed by atoms with Crippen molar-refractivity contribution < 1.29 is 4.39 Å². The summed E-state index contributed by atoms with van der Waals surface area (Å²) < 4.78 is 16.1. The monoisotopic (exact) mass is 311 g/mol. The Hall–Kier alpha value is -1.20. The van der Waals surface area contributed by atoms with E-state index in [2.05, 4.69) is 20.9 Å². The smallest absolute Gasteiger partial charge is 0.140 e. The number of unbranched alkanes of at least 4 members (excludes halogenated alkanes) is 1. The van der Waals surface area contributed by atoms with Crippen molar-refractivity contribution in [2.45, 2.75) is 19.4 Å². The molecule has 0 saturated heterocycles. The van der Waals surface area contributed by atoms with Gasteiger partial charge in [0.2, 0.25) is 0 Å². The molecular weight excluding hydrogens is 297 g/mol. The minimum atomic E-state index is -0.268. The lowest BCUT2D eigenvalue weighted by molar-refractivity contribution is 0.616. The molecular formula is C13H15BrFN3. The van der Waals surface area contributed by atoms with E-state index in [1.807, 2.05) is 16.8 Å². The molecule has 2 aromatic rings. The standard InChI is InChI=1S/C13H15BrFN3/c14-11-7-10(8-12(15)9-11)13-17-4-6-18(13)5-2-1-3-16/h4,6-9H,1-3,5,16H2. The molecule has 3 nitrogen and oxygen atoms in total. The number of imidazole rings is 1. The number of rotatable bonds is 5. The number of halogens is 2. The van der Waals surface area contributed by atoms with E-state index in [1.165, 1.54) is 12.1 Å². The third kappa shape index (κ3) is 3.17. The second-order valence-corrected chi connectivity index (χ2v) is 5.01. The first kappa shape index (κ1) is 13.2. The maximum atomic E-state index is 13.4. The molecule has 1 aromatic heterocycles. The Morgan fingerprint density at radius 3 is 2.83 bits per heavy atom. The topological polar surface area (TPSA) is 43.8 Å². The van der Waals surface area contributed by atoms with Gasteiger partial charge in [-0.3, -0.25) is 0 Å². The molecule has 0 spiro atoms. The van der Waals surface area contributed by atoms with Gasteiger partial charge in [0.15, 0.2) is 0 Å². The van der Waals surface area contributed by atoms with Crippen molar-refractivity contribution in [3.8, 4) is 11.4 Å². The quantitative estimate of drug-likeness (QED) is 0.862. The van der Waals surface area contributed by atoms with Gasteiger partial charge >= 0.3 is 0 Å². The maximum Gasteiger partial charge on any atom is 0.140 e. The van der Waals surface area contributed by atoms with Crippen LogP contribution in [0.25, 0.3) is 11.4 Å². The maximum absolute atomic E-state index is 13.4. The molecule has 18 heavy (non-hydrogen) atoms. The summed E-state index contributed by atoms with van der Waals surface area (Å²) in [6.45, 7) is 1.54. The van der Waals surface area contributed by atoms with Crippen LogP contribution in [-0.4, -0.2) is 16.1 Å². The van der Waals surface area contributed by atoms with Gasteiger partial charge in [-0.05, 0) is 37.6 Å². The summed E-state index contributed by atoms with van der Waals surface area (Å²) in [6.07, 6.45) is 5.61. The Kier molecular flexibility index (Phi) is 4.49. The van der Waals surface area contributed by atoms with Gasteiger partial charge in [-0.25, -0.2) is 9.37 Å². The van der Waals surface area contributed by atoms with Crippen LogP contribution in [0.3, 0.4) is 0 Å². The van der Waals surface area contributed by atoms with Crippen LogP contribution in [0.4, 0.5) is 4.39 Å². The highest BCUT2D eigenvalue weighted by Gasteiger charge is 2.08. The summed E-state index contributed by atoms with van der Waals surface area (Å²) in [5.74, 6) is 0.517. The molecule has 1 aromatic carbocycles. The molecule has 2 rings (SSSR count). The third-order valence-electron chi connectivity index (χ3n) is 2.69. The average molecular weight is 312 g/mol. The van der Waals surface area contributed by atoms with Crippen molar-refractivity contribution in [3.05, 3.63) is 40.9 Å². The number of hydrogen-bond donors (Lipinski definition) is 1. The normalized spacial score (nSPS) is 10.8. The zero-order chi connectivity index (χ0) is 13.0. The van der Waals surface area contributed by atoms with E-state index in [9.17, 15) is 4.39 Å². The summed E-state index contributed by atoms with van der Waals surface area (Å²) in [5, 5.41) is 0. The fourth-order valence-corrected chi connectivity index (χ4v) is 2.32. The Balaban J connectivity index is 2.24. The zero-order valence-electron chi connectivity index (χ0n) is 9.94. The molecule has 0 aliphatic heterocycles. The number of aryl methyl sites for hydroxylation is 1. The molecule has 5 heteroatoms. The van der Waals surface area contributed by atoms with Gasteiger partial charge in [0.05, 0.1) is 0 Å². The Labute approximate surface area is 114 Å². The van der Waals surface area contributed by atoms with E-state index < -0.39 is 0 Å². The van der Waals surface area contributed by atoms with Crippen LogP contribution in [0.2, 0.25) is 0 Å². The molecule has 0 radical (unpaired) electrons. The van der Waals surface area contributed by atoms with Crippen LogP contribution >= 0.6 is 15.9 Å². The van der Waals surface area contributed by atoms with E-state index in [4.69, 9.17) is 5.73 Å². The second kappa shape index (κ2) is 6.11. The van der Waals surface area contributed by atoms with Gasteiger partial charge in [-0.1, -0.05) is 15.9 Å². The van der Waals surface area contributed by atoms with Gasteiger partial charge in [0.25, 0.3) is 0 Å². The molecule has 0 fully saturated rings. The van der Waals surface area contributed by atoms with Gasteiger partial charge in [-0.2, -0.15) is 0 Å². The number of nitrogens with two attached hydrogens (primary N) is 1. The van der Waals surface area contributed by atoms with Gasteiger partial charge in [-0.15, -0.1) is 0 Å². The summed E-state index contributed by atoms with van der Waals surface area (Å²) in [6, 6.07) is 4.79. The molecule has 1 heterocycles. The van der Waals surface area contributed by atoms with Crippen LogP contribution in [0.15, 0.2) is 35.1 Å². The predicted molar refractivity (Wildman–Crippen MR) is 73.6 cm³/mol. The van der Waals surface area contributed by atoms with Crippen LogP contribution in [-0.2, 0) is 6.54 Å². The summed E-state index contributed by atoms with van der Waals surface area (Å²) in [4.78, 5) is 4.29. The SMILES string of the molecule is NCCCCn1ccnc1-c1cc(F)cc(Br)c1. The van der Waals surface area contributed by atoms with Crippen molar-refractivity contribution in [1.82, 2.24) is 9.55 Å². The Morgan fingerprint density at radius 1 is 1.28 bits per heavy atom. The van der Waals surface area contributed by atoms with Crippen LogP contribution < -0.4 is 5.73 Å². The molecule has 96 valence electrons. The molecule has 0 unspecified atom stereocenters. The van der Waals surface area contributed by atoms with Crippen molar-refractivity contribution in [2.24, 2.45) is 5.73 Å². The Morgan fingerprint density at radius 2 is 2.11 bits per heavy atom. The average Bonchev–Trinajstić information content (AvgIpc) is 2.76. The highest BCUT2D eigenvalue weighted by molar-refractivity contribution is 9.10. The van der Waals surface area contributed by atoms with Crippen molar-refractivity contribution in [3.63, 3.8) is 0 Å². The lowest BCUT2D eigenvalue weighted by atomic mass is 10.2. The summed E-state index contributed by atoms with van der Waals surface area (Å²) in [5.41, 5.74) is 6.25. The molecule has 0 aliphatic rings. The van der Waals surface area contributed by atoms with Crippen molar-refractivity contribution >= 4 is 15.9 Å². The van der Waals surface area contributed by atoms with E-state index in [0.29, 0.717) is 11.0 Å². The van der Waals surface area contributed by atoms with Gasteiger partial charge in [0.1, 0.15) is 11.6 Å². The first-order valence-electron chi connectivity index (χ1n) is 5.88. The number of hydrogen-bond acceptors (Lipinski definition) is 2. The lowest BCUT2D eigenvalue weighted by Gasteiger charge is -2.08. The van der Waals surface area contributed by atoms with Crippen LogP contribution in [0.1, 0.15) is 12.8 Å². The first-order chi connectivity index (χ1) is 8.70. The Bertz CT molecular complexity index is 504. The molecule has 0 atom stereocenters. The highest BCUT2D eigenvalue weighted by atomic mass is 79.9. The number of benzene rings is 1. The van der Waals surface area contributed by atoms with E-state index in [0.717, 1.165) is 30.8 Å². The van der Waals surface area contributed by atoms with Gasteiger partial charge < -0.3 is 10.3 Å². The molecule has 0 aliphatic carbocycles. The number of nitrogens with zero attached hydrogens (tertiary/aromatic N) is 2. The molecule has 0 saturated carbocycles. The lowest BCUT2D eigenvalue weighted by Crippen LogP contribution is -2.04. The fourth-order valence-electron chi connectivity index (χ4n) is 1.86. The van der Waals surface area contributed by atoms with Gasteiger partial charge in [0, 0.05) is 29.0 Å². The molecule has 2 N–H and O–H groups in total. The van der Waals surface area contributed by atoms with Crippen LogP contribution in [0, 0.1) is 5.82 Å². The third-order valence-corrected chi connectivity index (χ3v) is 3.15. The fraction of sp³-hybridized carbons (Fsp3) is 0.308. The van der Waals surface area contributed by atoms with Crippen LogP contribution in [0.5, 0.6) is 0 Å². The largest absolute Gasteiger partial charge is 0.331 e. The first-order valence-corrected chi connectivity index (χ1v) is 6.67. The minimum Gasteiger partial charge on any atom is -0.331 e. The van der Waals surface area contributed by atoms with E-state index >= 15 is 0 Å². The van der Waals surface area contributed by atoms with Crippen molar-refractivity contribution in [2.75, 3.05) is 6.54 Å². The predicted octanol–water partition coefficient (Wildman–Crippen LogP) is 3.19. The van der Waals surface area contributed by atoms with Crippen molar-refractivity contribution in [1.29, 1.82) is 0 Å². The minimum absolute atomic E-state index is 0.268. The summed E-state index contributed by atoms with van der Waals surface area (Å²) >= 11 is 3.29. The molecule has 0 bridgehead atoms. The van der Waals surface area contributed by atoms with E-state index in [-0.39, 0.29) is 5.82 Å². The number of aromatic nitrogens is 2. The second-order valence-electron chi connectivity index (χ2n) is 4.10. The zero-order valence-corrected chi connectivity index (χ0v) is 11.5. The van der Waals surface area contributed by atoms with E-state index in [1.54, 1.807) is 6.20 Å².